The molecule has 0 aliphatic carbocycles. The van der Waals surface area contributed by atoms with Crippen LogP contribution in [0.5, 0.6) is 0 Å². The van der Waals surface area contributed by atoms with Gasteiger partial charge in [-0.2, -0.15) is 0 Å². The molecule has 2 rings (SSSR count). The summed E-state index contributed by atoms with van der Waals surface area (Å²) in [4.78, 5) is 32.8. The molecule has 0 aromatic heterocycles. The second-order valence-corrected chi connectivity index (χ2v) is 6.74. The molecule has 0 aliphatic heterocycles. The van der Waals surface area contributed by atoms with Crippen LogP contribution in [0.1, 0.15) is 47.4 Å². The van der Waals surface area contributed by atoms with E-state index in [9.17, 15) is 14.7 Å². The normalized spacial score (nSPS) is 13.2. The highest BCUT2D eigenvalue weighted by Crippen LogP contribution is 2.06. The van der Waals surface area contributed by atoms with Crippen molar-refractivity contribution >= 4 is 23.0 Å². The molecular formula is C23H26N2O3. The number of aliphatic hydroxyl groups is 1. The monoisotopic (exact) mass is 378 g/mol. The summed E-state index contributed by atoms with van der Waals surface area (Å²) in [6, 6.07) is 18.1. The van der Waals surface area contributed by atoms with Crippen molar-refractivity contribution in [1.29, 1.82) is 0 Å². The summed E-state index contributed by atoms with van der Waals surface area (Å²) in [5, 5.41) is 10.1. The van der Waals surface area contributed by atoms with Gasteiger partial charge in [0.05, 0.1) is 19.2 Å². The molecule has 146 valence electrons. The highest BCUT2D eigenvalue weighted by atomic mass is 16.3. The van der Waals surface area contributed by atoms with Crippen molar-refractivity contribution in [3.63, 3.8) is 0 Å². The summed E-state index contributed by atoms with van der Waals surface area (Å²) < 4.78 is 0. The fourth-order valence-electron chi connectivity index (χ4n) is 2.61. The van der Waals surface area contributed by atoms with Gasteiger partial charge in [-0.1, -0.05) is 60.7 Å². The second-order valence-electron chi connectivity index (χ2n) is 6.74. The number of hydrogen-bond acceptors (Lipinski definition) is 5. The quantitative estimate of drug-likeness (QED) is 0.504. The second kappa shape index (κ2) is 11.0. The lowest BCUT2D eigenvalue weighted by Gasteiger charge is -2.07. The molecule has 0 atom stereocenters. The molecule has 2 aromatic rings. The number of carbonyl (C=O) groups excluding carboxylic acids is 2. The maximum atomic E-state index is 12.1. The molecule has 0 bridgehead atoms. The van der Waals surface area contributed by atoms with Crippen LogP contribution in [0.15, 0.2) is 70.6 Å². The molecule has 0 radical (unpaired) electrons. The first-order chi connectivity index (χ1) is 13.5. The molecule has 1 N–H and O–H groups in total. The molecular weight excluding hydrogens is 352 g/mol. The number of benzene rings is 2. The first kappa shape index (κ1) is 21.4. The third-order valence-corrected chi connectivity index (χ3v) is 4.17. The first-order valence-electron chi connectivity index (χ1n) is 9.30. The average Bonchev–Trinajstić information content (AvgIpc) is 2.72. The van der Waals surface area contributed by atoms with E-state index < -0.39 is 6.10 Å². The SMILES string of the molecule is CC(CC(=O)c1ccccc1)=NCC(O)CN=C(C)CC(=O)c1ccccc1. The van der Waals surface area contributed by atoms with Crippen LogP contribution in [-0.2, 0) is 0 Å². The number of ketones is 2. The molecule has 28 heavy (non-hydrogen) atoms. The maximum absolute atomic E-state index is 12.1. The Balaban J connectivity index is 1.78. The topological polar surface area (TPSA) is 79.1 Å². The Labute approximate surface area is 165 Å². The van der Waals surface area contributed by atoms with Gasteiger partial charge in [-0.25, -0.2) is 0 Å². The lowest BCUT2D eigenvalue weighted by atomic mass is 10.1. The number of hydrogen-bond donors (Lipinski definition) is 1. The van der Waals surface area contributed by atoms with Crippen LogP contribution >= 0.6 is 0 Å². The minimum Gasteiger partial charge on any atom is -0.389 e. The molecule has 5 nitrogen and oxygen atoms in total. The van der Waals surface area contributed by atoms with Gasteiger partial charge in [0.15, 0.2) is 11.6 Å². The lowest BCUT2D eigenvalue weighted by Crippen LogP contribution is -2.18. The maximum Gasteiger partial charge on any atom is 0.168 e. The van der Waals surface area contributed by atoms with Gasteiger partial charge in [0.1, 0.15) is 0 Å². The van der Waals surface area contributed by atoms with E-state index in [-0.39, 0.29) is 37.5 Å². The number of carbonyl (C=O) groups is 2. The first-order valence-corrected chi connectivity index (χ1v) is 9.30. The number of Topliss-reactive ketones (excluding diaryl/α,β-unsaturated/α-hetero) is 2. The Bertz CT molecular complexity index is 771. The van der Waals surface area contributed by atoms with Crippen molar-refractivity contribution < 1.29 is 14.7 Å². The molecule has 0 amide bonds. The predicted molar refractivity (Wildman–Crippen MR) is 113 cm³/mol. The number of aliphatic hydroxyl groups excluding tert-OH is 1. The molecule has 0 saturated carbocycles. The van der Waals surface area contributed by atoms with E-state index in [1.54, 1.807) is 38.1 Å². The zero-order chi connectivity index (χ0) is 20.4. The highest BCUT2D eigenvalue weighted by Gasteiger charge is 2.09. The standard InChI is InChI=1S/C23H26N2O3/c1-17(13-22(27)19-9-5-3-6-10-19)24-15-21(26)16-25-18(2)14-23(28)20-11-7-4-8-12-20/h3-12,21,26H,13-16H2,1-2H3. The fraction of sp³-hybridized carbons (Fsp3) is 0.304. The third-order valence-electron chi connectivity index (χ3n) is 4.17. The van der Waals surface area contributed by atoms with Crippen LogP contribution in [0.4, 0.5) is 0 Å². The van der Waals surface area contributed by atoms with Crippen molar-refractivity contribution in [2.75, 3.05) is 13.1 Å². The van der Waals surface area contributed by atoms with E-state index in [0.717, 1.165) is 0 Å². The van der Waals surface area contributed by atoms with E-state index in [4.69, 9.17) is 0 Å². The fourth-order valence-corrected chi connectivity index (χ4v) is 2.61. The summed E-state index contributed by atoms with van der Waals surface area (Å²) >= 11 is 0. The number of aliphatic imine (C=N–C) groups is 2. The average molecular weight is 378 g/mol. The van der Waals surface area contributed by atoms with Gasteiger partial charge >= 0.3 is 0 Å². The zero-order valence-electron chi connectivity index (χ0n) is 16.3. The molecule has 0 fully saturated rings. The summed E-state index contributed by atoms with van der Waals surface area (Å²) in [6.07, 6.45) is -0.293. The van der Waals surface area contributed by atoms with E-state index in [0.29, 0.717) is 22.6 Å². The van der Waals surface area contributed by atoms with Gasteiger partial charge in [0.25, 0.3) is 0 Å². The van der Waals surface area contributed by atoms with Crippen LogP contribution in [0, 0.1) is 0 Å². The number of nitrogens with zero attached hydrogens (tertiary/aromatic N) is 2. The van der Waals surface area contributed by atoms with E-state index in [1.165, 1.54) is 0 Å². The Kier molecular flexibility index (Phi) is 8.43. The predicted octanol–water partition coefficient (Wildman–Crippen LogP) is 3.82. The van der Waals surface area contributed by atoms with Crippen LogP contribution in [-0.4, -0.2) is 47.3 Å². The van der Waals surface area contributed by atoms with Crippen LogP contribution in [0.25, 0.3) is 0 Å². The van der Waals surface area contributed by atoms with Gasteiger partial charge in [-0.3, -0.25) is 19.6 Å². The zero-order valence-corrected chi connectivity index (χ0v) is 16.3. The summed E-state index contributed by atoms with van der Waals surface area (Å²) in [7, 11) is 0. The molecule has 0 unspecified atom stereocenters. The van der Waals surface area contributed by atoms with Crippen molar-refractivity contribution in [2.24, 2.45) is 9.98 Å². The van der Waals surface area contributed by atoms with E-state index >= 15 is 0 Å². The summed E-state index contributed by atoms with van der Waals surface area (Å²) in [5.74, 6) is 0.00857. The Morgan fingerprint density at radius 1 is 0.750 bits per heavy atom. The Morgan fingerprint density at radius 2 is 1.11 bits per heavy atom. The van der Waals surface area contributed by atoms with Crippen LogP contribution in [0.3, 0.4) is 0 Å². The third kappa shape index (κ3) is 7.37. The number of rotatable bonds is 10. The largest absolute Gasteiger partial charge is 0.389 e. The van der Waals surface area contributed by atoms with Crippen molar-refractivity contribution in [1.82, 2.24) is 0 Å². The molecule has 5 heteroatoms. The lowest BCUT2D eigenvalue weighted by molar-refractivity contribution is 0.0992. The van der Waals surface area contributed by atoms with Crippen molar-refractivity contribution in [2.45, 2.75) is 32.8 Å². The van der Waals surface area contributed by atoms with Gasteiger partial charge in [-0.15, -0.1) is 0 Å². The minimum absolute atomic E-state index is 0.00429. The van der Waals surface area contributed by atoms with Gasteiger partial charge in [0.2, 0.25) is 0 Å². The highest BCUT2D eigenvalue weighted by molar-refractivity contribution is 6.09. The minimum atomic E-state index is -0.747. The van der Waals surface area contributed by atoms with Gasteiger partial charge in [-0.05, 0) is 13.8 Å². The molecule has 0 saturated heterocycles. The van der Waals surface area contributed by atoms with Crippen molar-refractivity contribution in [3.8, 4) is 0 Å². The summed E-state index contributed by atoms with van der Waals surface area (Å²) in [5.41, 5.74) is 2.66. The van der Waals surface area contributed by atoms with Gasteiger partial charge in [0, 0.05) is 35.4 Å². The van der Waals surface area contributed by atoms with E-state index in [2.05, 4.69) is 9.98 Å². The van der Waals surface area contributed by atoms with Gasteiger partial charge < -0.3 is 5.11 Å². The molecule has 0 heterocycles. The van der Waals surface area contributed by atoms with Crippen LogP contribution < -0.4 is 0 Å². The molecule has 0 spiro atoms. The molecule has 0 aliphatic rings. The van der Waals surface area contributed by atoms with E-state index in [1.807, 2.05) is 36.4 Å². The Morgan fingerprint density at radius 3 is 1.46 bits per heavy atom. The molecule has 2 aromatic carbocycles. The Hall–Kier alpha value is -2.92. The summed E-state index contributed by atoms with van der Waals surface area (Å²) in [6.45, 7) is 3.91. The van der Waals surface area contributed by atoms with Crippen molar-refractivity contribution in [3.05, 3.63) is 71.8 Å². The van der Waals surface area contributed by atoms with Crippen LogP contribution in [0.2, 0.25) is 0 Å². The smallest absolute Gasteiger partial charge is 0.168 e.